The molecule has 19 heavy (non-hydrogen) atoms. The van der Waals surface area contributed by atoms with Crippen molar-refractivity contribution in [2.24, 2.45) is 0 Å². The van der Waals surface area contributed by atoms with Gasteiger partial charge < -0.3 is 0 Å². The summed E-state index contributed by atoms with van der Waals surface area (Å²) in [5.41, 5.74) is 2.69. The second-order valence-electron chi connectivity index (χ2n) is 4.54. The minimum atomic E-state index is 0.258. The summed E-state index contributed by atoms with van der Waals surface area (Å²) in [5, 5.41) is 0. The molecule has 2 aromatic carbocycles. The van der Waals surface area contributed by atoms with Crippen LogP contribution in [0.15, 0.2) is 60.7 Å². The van der Waals surface area contributed by atoms with Crippen LogP contribution in [0.3, 0.4) is 0 Å². The molecule has 0 aliphatic rings. The second kappa shape index (κ2) is 7.21. The average molecular weight is 270 g/mol. The van der Waals surface area contributed by atoms with E-state index in [1.807, 2.05) is 36.4 Å². The van der Waals surface area contributed by atoms with E-state index in [-0.39, 0.29) is 5.78 Å². The first-order valence-corrected chi connectivity index (χ1v) is 7.96. The maximum absolute atomic E-state index is 12.1. The molecule has 2 rings (SSSR count). The third-order valence-corrected chi connectivity index (χ3v) is 4.97. The summed E-state index contributed by atoms with van der Waals surface area (Å²) >= 11 is 0. The van der Waals surface area contributed by atoms with Crippen LogP contribution in [0, 0.1) is 0 Å². The van der Waals surface area contributed by atoms with Crippen molar-refractivity contribution in [1.29, 1.82) is 0 Å². The molecule has 0 amide bonds. The minimum Gasteiger partial charge on any atom is -0.294 e. The Kier molecular flexibility index (Phi) is 5.30. The topological polar surface area (TPSA) is 17.1 Å². The van der Waals surface area contributed by atoms with Gasteiger partial charge in [-0.15, -0.1) is 8.58 Å². The lowest BCUT2D eigenvalue weighted by Crippen LogP contribution is -2.03. The number of rotatable bonds is 6. The van der Waals surface area contributed by atoms with E-state index >= 15 is 0 Å². The highest BCUT2D eigenvalue weighted by Crippen LogP contribution is 2.37. The van der Waals surface area contributed by atoms with Gasteiger partial charge in [0.05, 0.1) is 0 Å². The lowest BCUT2D eigenvalue weighted by atomic mass is 10.1. The summed E-state index contributed by atoms with van der Waals surface area (Å²) in [5.74, 6) is 0.258. The van der Waals surface area contributed by atoms with E-state index in [0.717, 1.165) is 12.0 Å². The number of hydrogen-bond donors (Lipinski definition) is 0. The Morgan fingerprint density at radius 3 is 2.16 bits per heavy atom. The number of carbonyl (C=O) groups excluding carboxylic acids is 1. The van der Waals surface area contributed by atoms with Crippen LogP contribution < -0.4 is 0 Å². The predicted molar refractivity (Wildman–Crippen MR) is 83.4 cm³/mol. The lowest BCUT2D eigenvalue weighted by molar-refractivity contribution is 0.102. The fourth-order valence-corrected chi connectivity index (χ4v) is 3.48. The molecule has 0 spiro atoms. The Balaban J connectivity index is 1.96. The van der Waals surface area contributed by atoms with Crippen LogP contribution in [0.5, 0.6) is 0 Å². The minimum absolute atomic E-state index is 0.258. The summed E-state index contributed by atoms with van der Waals surface area (Å²) in [6.07, 6.45) is 1.74. The monoisotopic (exact) mass is 270 g/mol. The second-order valence-corrected chi connectivity index (χ2v) is 6.00. The van der Waals surface area contributed by atoms with Crippen molar-refractivity contribution in [3.63, 3.8) is 0 Å². The zero-order valence-corrected chi connectivity index (χ0v) is 12.2. The third-order valence-electron chi connectivity index (χ3n) is 3.21. The van der Waals surface area contributed by atoms with Gasteiger partial charge in [-0.1, -0.05) is 67.6 Å². The highest BCUT2D eigenvalue weighted by atomic mass is 31.1. The van der Waals surface area contributed by atoms with Crippen LogP contribution in [-0.4, -0.2) is 11.9 Å². The molecule has 0 N–H and O–H groups in total. The first-order chi connectivity index (χ1) is 9.31. The Labute approximate surface area is 116 Å². The van der Waals surface area contributed by atoms with E-state index in [0.29, 0.717) is 20.4 Å². The molecule has 0 heterocycles. The molecule has 2 unspecified atom stereocenters. The molecule has 2 heteroatoms. The molecular weight excluding hydrogens is 251 g/mol. The average Bonchev–Trinajstić information content (AvgIpc) is 2.49. The summed E-state index contributed by atoms with van der Waals surface area (Å²) in [7, 11) is 0.657. The summed E-state index contributed by atoms with van der Waals surface area (Å²) < 4.78 is 0. The van der Waals surface area contributed by atoms with Crippen LogP contribution in [0.1, 0.15) is 34.9 Å². The third kappa shape index (κ3) is 4.01. The Hall–Kier alpha value is -1.46. The molecule has 0 aliphatic heterocycles. The zero-order valence-electron chi connectivity index (χ0n) is 11.2. The molecule has 0 fully saturated rings. The summed E-state index contributed by atoms with van der Waals surface area (Å²) in [6.45, 7) is 2.19. The van der Waals surface area contributed by atoms with Crippen molar-refractivity contribution >= 4 is 14.4 Å². The van der Waals surface area contributed by atoms with E-state index < -0.39 is 0 Å². The molecule has 98 valence electrons. The Bertz CT molecular complexity index is 507. The molecule has 0 aromatic heterocycles. The maximum atomic E-state index is 12.1. The SMILES string of the molecule is CCC(PCC(=O)c1ccccc1)c1ccccc1. The van der Waals surface area contributed by atoms with Crippen LogP contribution in [0.25, 0.3) is 0 Å². The number of hydrogen-bond acceptors (Lipinski definition) is 1. The smallest absolute Gasteiger partial charge is 0.166 e. The fourth-order valence-electron chi connectivity index (χ4n) is 2.13. The van der Waals surface area contributed by atoms with Crippen molar-refractivity contribution < 1.29 is 4.79 Å². The molecule has 0 saturated heterocycles. The highest BCUT2D eigenvalue weighted by Gasteiger charge is 2.12. The van der Waals surface area contributed by atoms with Crippen molar-refractivity contribution in [3.05, 3.63) is 71.8 Å². The number of Topliss-reactive ketones (excluding diaryl/α,β-unsaturated/α-hetero) is 1. The first-order valence-electron chi connectivity index (χ1n) is 6.68. The van der Waals surface area contributed by atoms with Gasteiger partial charge >= 0.3 is 0 Å². The molecule has 0 aliphatic carbocycles. The van der Waals surface area contributed by atoms with E-state index in [2.05, 4.69) is 31.2 Å². The van der Waals surface area contributed by atoms with Crippen molar-refractivity contribution in [2.45, 2.75) is 19.0 Å². The van der Waals surface area contributed by atoms with Crippen molar-refractivity contribution in [1.82, 2.24) is 0 Å². The number of benzene rings is 2. The number of carbonyl (C=O) groups is 1. The van der Waals surface area contributed by atoms with E-state index in [4.69, 9.17) is 0 Å². The van der Waals surface area contributed by atoms with Gasteiger partial charge in [0.15, 0.2) is 5.78 Å². The van der Waals surface area contributed by atoms with E-state index in [9.17, 15) is 4.79 Å². The quantitative estimate of drug-likeness (QED) is 0.549. The standard InChI is InChI=1S/C17H19OP/c1-2-17(15-11-7-4-8-12-15)19-13-16(18)14-9-5-3-6-10-14/h3-12,17,19H,2,13H2,1H3. The van der Waals surface area contributed by atoms with Gasteiger partial charge in [-0.2, -0.15) is 0 Å². The van der Waals surface area contributed by atoms with Crippen molar-refractivity contribution in [3.8, 4) is 0 Å². The van der Waals surface area contributed by atoms with Gasteiger partial charge in [-0.05, 0) is 12.0 Å². The van der Waals surface area contributed by atoms with E-state index in [1.165, 1.54) is 5.56 Å². The highest BCUT2D eigenvalue weighted by molar-refractivity contribution is 7.39. The van der Waals surface area contributed by atoms with Gasteiger partial charge in [-0.3, -0.25) is 4.79 Å². The van der Waals surface area contributed by atoms with Crippen LogP contribution in [0.2, 0.25) is 0 Å². The molecule has 2 atom stereocenters. The van der Waals surface area contributed by atoms with Gasteiger partial charge in [0.25, 0.3) is 0 Å². The number of ketones is 1. The molecule has 0 radical (unpaired) electrons. The Morgan fingerprint density at radius 2 is 1.58 bits per heavy atom. The van der Waals surface area contributed by atoms with Crippen molar-refractivity contribution in [2.75, 3.05) is 6.16 Å². The fraction of sp³-hybridized carbons (Fsp3) is 0.235. The first kappa shape index (κ1) is 14.0. The Morgan fingerprint density at radius 1 is 1.00 bits per heavy atom. The van der Waals surface area contributed by atoms with E-state index in [1.54, 1.807) is 0 Å². The van der Waals surface area contributed by atoms with Gasteiger partial charge in [0.1, 0.15) is 0 Å². The molecule has 1 nitrogen and oxygen atoms in total. The van der Waals surface area contributed by atoms with Gasteiger partial charge in [0, 0.05) is 17.4 Å². The zero-order chi connectivity index (χ0) is 13.5. The molecular formula is C17H19OP. The maximum Gasteiger partial charge on any atom is 0.166 e. The van der Waals surface area contributed by atoms with Gasteiger partial charge in [0.2, 0.25) is 0 Å². The molecule has 2 aromatic rings. The normalized spacial score (nSPS) is 12.7. The predicted octanol–water partition coefficient (Wildman–Crippen LogP) is 4.70. The van der Waals surface area contributed by atoms with Gasteiger partial charge in [-0.25, -0.2) is 0 Å². The van der Waals surface area contributed by atoms with Crippen LogP contribution in [0.4, 0.5) is 0 Å². The summed E-state index contributed by atoms with van der Waals surface area (Å²) in [6, 6.07) is 20.1. The molecule has 0 saturated carbocycles. The molecule has 0 bridgehead atoms. The largest absolute Gasteiger partial charge is 0.294 e. The summed E-state index contributed by atoms with van der Waals surface area (Å²) in [4.78, 5) is 12.1. The van der Waals surface area contributed by atoms with Crippen LogP contribution in [-0.2, 0) is 0 Å². The van der Waals surface area contributed by atoms with Crippen LogP contribution >= 0.6 is 8.58 Å². The lowest BCUT2D eigenvalue weighted by Gasteiger charge is -2.14.